The zero-order valence-corrected chi connectivity index (χ0v) is 19.9. The number of thioether (sulfide) groups is 1. The number of methoxy groups -OCH3 is 3. The number of pyridine rings is 1. The van der Waals surface area contributed by atoms with Crippen molar-refractivity contribution in [3.8, 4) is 17.2 Å². The van der Waals surface area contributed by atoms with Gasteiger partial charge in [0.1, 0.15) is 11.2 Å². The third-order valence-corrected chi connectivity index (χ3v) is 6.64. The van der Waals surface area contributed by atoms with Gasteiger partial charge in [-0.1, -0.05) is 24.3 Å². The van der Waals surface area contributed by atoms with Crippen LogP contribution in [0.15, 0.2) is 60.8 Å². The van der Waals surface area contributed by atoms with E-state index in [1.54, 1.807) is 50.6 Å². The molecule has 2 aromatic carbocycles. The summed E-state index contributed by atoms with van der Waals surface area (Å²) in [6.45, 7) is 0.309. The van der Waals surface area contributed by atoms with E-state index in [-0.39, 0.29) is 22.9 Å². The highest BCUT2D eigenvalue weighted by Crippen LogP contribution is 2.44. The first kappa shape index (κ1) is 23.4. The molecule has 0 saturated heterocycles. The van der Waals surface area contributed by atoms with Crippen molar-refractivity contribution < 1.29 is 23.8 Å². The Morgan fingerprint density at radius 3 is 2.38 bits per heavy atom. The Balaban J connectivity index is 1.57. The van der Waals surface area contributed by atoms with Crippen LogP contribution in [-0.4, -0.2) is 48.8 Å². The lowest BCUT2D eigenvalue weighted by molar-refractivity contribution is -0.113. The molecular weight excluding hydrogens is 454 g/mol. The number of ether oxygens (including phenoxy) is 3. The molecule has 0 spiro atoms. The van der Waals surface area contributed by atoms with E-state index in [4.69, 9.17) is 14.2 Å². The molecule has 9 heteroatoms. The highest BCUT2D eigenvalue weighted by Gasteiger charge is 2.37. The van der Waals surface area contributed by atoms with Gasteiger partial charge in [-0.15, -0.1) is 11.8 Å². The first-order valence-electron chi connectivity index (χ1n) is 10.6. The molecule has 4 rings (SSSR count). The van der Waals surface area contributed by atoms with Gasteiger partial charge >= 0.3 is 0 Å². The average molecular weight is 480 g/mol. The predicted molar refractivity (Wildman–Crippen MR) is 130 cm³/mol. The van der Waals surface area contributed by atoms with E-state index in [2.05, 4.69) is 10.3 Å². The molecule has 1 aliphatic heterocycles. The largest absolute Gasteiger partial charge is 0.493 e. The standard InChI is InChI=1S/C25H25N3O5S/c1-31-19-12-16(13-20(32-2)23(19)33-3)14-28-24(30)17-8-4-5-9-18(17)25(28)34-15-22(29)27-21-10-6-7-11-26-21/h4-13,25H,14-15H2,1-3H3,(H,26,27,29). The van der Waals surface area contributed by atoms with Crippen molar-refractivity contribution in [2.75, 3.05) is 32.4 Å². The second-order valence-electron chi connectivity index (χ2n) is 7.48. The number of benzene rings is 2. The molecule has 0 radical (unpaired) electrons. The molecule has 8 nitrogen and oxygen atoms in total. The fraction of sp³-hybridized carbons (Fsp3) is 0.240. The lowest BCUT2D eigenvalue weighted by Crippen LogP contribution is -2.27. The summed E-state index contributed by atoms with van der Waals surface area (Å²) < 4.78 is 16.3. The van der Waals surface area contributed by atoms with Crippen LogP contribution < -0.4 is 19.5 Å². The molecule has 2 amide bonds. The van der Waals surface area contributed by atoms with E-state index in [1.807, 2.05) is 36.4 Å². The number of rotatable bonds is 9. The number of amides is 2. The number of carbonyl (C=O) groups is 2. The predicted octanol–water partition coefficient (Wildman–Crippen LogP) is 4.13. The second kappa shape index (κ2) is 10.5. The van der Waals surface area contributed by atoms with Gasteiger partial charge < -0.3 is 24.4 Å². The fourth-order valence-electron chi connectivity index (χ4n) is 3.86. The van der Waals surface area contributed by atoms with Crippen molar-refractivity contribution in [2.45, 2.75) is 11.9 Å². The molecule has 3 aromatic rings. The van der Waals surface area contributed by atoms with Crippen molar-refractivity contribution in [3.05, 3.63) is 77.5 Å². The van der Waals surface area contributed by atoms with Crippen molar-refractivity contribution >= 4 is 29.4 Å². The SMILES string of the molecule is COc1cc(CN2C(=O)c3ccccc3C2SCC(=O)Nc2ccccn2)cc(OC)c1OC. The van der Waals surface area contributed by atoms with Crippen LogP contribution in [0, 0.1) is 0 Å². The van der Waals surface area contributed by atoms with Crippen LogP contribution in [0.1, 0.15) is 26.9 Å². The Morgan fingerprint density at radius 1 is 1.03 bits per heavy atom. The van der Waals surface area contributed by atoms with E-state index >= 15 is 0 Å². The van der Waals surface area contributed by atoms with Crippen molar-refractivity contribution in [1.29, 1.82) is 0 Å². The smallest absolute Gasteiger partial charge is 0.255 e. The molecule has 1 N–H and O–H groups in total. The Morgan fingerprint density at radius 2 is 1.74 bits per heavy atom. The van der Waals surface area contributed by atoms with Gasteiger partial charge in [0.05, 0.1) is 27.1 Å². The zero-order chi connectivity index (χ0) is 24.1. The van der Waals surface area contributed by atoms with Crippen LogP contribution in [0.5, 0.6) is 17.2 Å². The van der Waals surface area contributed by atoms with Crippen LogP contribution in [0.4, 0.5) is 5.82 Å². The summed E-state index contributed by atoms with van der Waals surface area (Å²) in [6, 6.07) is 16.5. The minimum absolute atomic E-state index is 0.0908. The van der Waals surface area contributed by atoms with Crippen LogP contribution in [0.2, 0.25) is 0 Å². The maximum atomic E-state index is 13.3. The highest BCUT2D eigenvalue weighted by atomic mass is 32.2. The normalized spacial score (nSPS) is 14.5. The Bertz CT molecular complexity index is 1160. The molecule has 0 saturated carbocycles. The molecule has 1 aromatic heterocycles. The summed E-state index contributed by atoms with van der Waals surface area (Å²) in [7, 11) is 4.65. The number of aromatic nitrogens is 1. The third kappa shape index (κ3) is 4.79. The molecule has 176 valence electrons. The summed E-state index contributed by atoms with van der Waals surface area (Å²) in [5.74, 6) is 1.89. The minimum Gasteiger partial charge on any atom is -0.493 e. The maximum absolute atomic E-state index is 13.3. The van der Waals surface area contributed by atoms with Gasteiger partial charge in [-0.3, -0.25) is 9.59 Å². The molecule has 34 heavy (non-hydrogen) atoms. The zero-order valence-electron chi connectivity index (χ0n) is 19.1. The van der Waals surface area contributed by atoms with E-state index < -0.39 is 0 Å². The minimum atomic E-state index is -0.322. The second-order valence-corrected chi connectivity index (χ2v) is 8.55. The first-order valence-corrected chi connectivity index (χ1v) is 11.6. The Labute approximate surface area is 202 Å². The van der Waals surface area contributed by atoms with Gasteiger partial charge in [-0.05, 0) is 41.5 Å². The number of nitrogens with one attached hydrogen (secondary N) is 1. The lowest BCUT2D eigenvalue weighted by Gasteiger charge is -2.25. The number of carbonyl (C=O) groups excluding carboxylic acids is 2. The molecule has 1 unspecified atom stereocenters. The van der Waals surface area contributed by atoms with E-state index in [1.165, 1.54) is 11.8 Å². The number of hydrogen-bond donors (Lipinski definition) is 1. The van der Waals surface area contributed by atoms with Gasteiger partial charge in [0.25, 0.3) is 5.91 Å². The third-order valence-electron chi connectivity index (χ3n) is 5.38. The number of anilines is 1. The molecule has 0 aliphatic carbocycles. The fourth-order valence-corrected chi connectivity index (χ4v) is 4.98. The van der Waals surface area contributed by atoms with Crippen molar-refractivity contribution in [3.63, 3.8) is 0 Å². The maximum Gasteiger partial charge on any atom is 0.255 e. The summed E-state index contributed by atoms with van der Waals surface area (Å²) in [6.07, 6.45) is 1.62. The summed E-state index contributed by atoms with van der Waals surface area (Å²) >= 11 is 1.39. The van der Waals surface area contributed by atoms with E-state index in [0.717, 1.165) is 11.1 Å². The van der Waals surface area contributed by atoms with Crippen LogP contribution in [-0.2, 0) is 11.3 Å². The molecular formula is C25H25N3O5S. The number of nitrogens with zero attached hydrogens (tertiary/aromatic N) is 2. The molecule has 0 fully saturated rings. The van der Waals surface area contributed by atoms with Crippen molar-refractivity contribution in [1.82, 2.24) is 9.88 Å². The monoisotopic (exact) mass is 479 g/mol. The highest BCUT2D eigenvalue weighted by molar-refractivity contribution is 8.00. The van der Waals surface area contributed by atoms with Crippen molar-refractivity contribution in [2.24, 2.45) is 0 Å². The Kier molecular flexibility index (Phi) is 7.22. The van der Waals surface area contributed by atoms with Crippen LogP contribution in [0.3, 0.4) is 0 Å². The van der Waals surface area contributed by atoms with E-state index in [0.29, 0.717) is 35.2 Å². The molecule has 1 atom stereocenters. The van der Waals surface area contributed by atoms with E-state index in [9.17, 15) is 9.59 Å². The van der Waals surface area contributed by atoms with Gasteiger partial charge in [0.15, 0.2) is 11.5 Å². The van der Waals surface area contributed by atoms with Gasteiger partial charge in [0, 0.05) is 18.3 Å². The van der Waals surface area contributed by atoms with Gasteiger partial charge in [-0.2, -0.15) is 0 Å². The summed E-state index contributed by atoms with van der Waals surface area (Å²) in [4.78, 5) is 31.7. The molecule has 0 bridgehead atoms. The topological polar surface area (TPSA) is 90.0 Å². The number of hydrogen-bond acceptors (Lipinski definition) is 7. The van der Waals surface area contributed by atoms with Gasteiger partial charge in [-0.25, -0.2) is 4.98 Å². The van der Waals surface area contributed by atoms with Crippen LogP contribution in [0.25, 0.3) is 0 Å². The number of fused-ring (bicyclic) bond motifs is 1. The molecule has 1 aliphatic rings. The summed E-state index contributed by atoms with van der Waals surface area (Å²) in [5, 5.41) is 2.47. The first-order chi connectivity index (χ1) is 16.5. The average Bonchev–Trinajstić information content (AvgIpc) is 3.13. The van der Waals surface area contributed by atoms with Crippen LogP contribution >= 0.6 is 11.8 Å². The van der Waals surface area contributed by atoms with Gasteiger partial charge in [0.2, 0.25) is 11.7 Å². The summed E-state index contributed by atoms with van der Waals surface area (Å²) in [5.41, 5.74) is 2.34. The molecule has 2 heterocycles. The quantitative estimate of drug-likeness (QED) is 0.493. The Hall–Kier alpha value is -3.72. The lowest BCUT2D eigenvalue weighted by atomic mass is 10.1.